The fourth-order valence-electron chi connectivity index (χ4n) is 2.75. The first-order valence-electron chi connectivity index (χ1n) is 8.23. The Balaban J connectivity index is 2.29. The van der Waals surface area contributed by atoms with E-state index in [0.29, 0.717) is 25.3 Å². The van der Waals surface area contributed by atoms with Gasteiger partial charge >= 0.3 is 0 Å². The van der Waals surface area contributed by atoms with Gasteiger partial charge in [0.2, 0.25) is 0 Å². The van der Waals surface area contributed by atoms with E-state index in [0.717, 1.165) is 32.0 Å². The Kier molecular flexibility index (Phi) is 9.44. The van der Waals surface area contributed by atoms with E-state index in [1.807, 2.05) is 0 Å². The molecule has 1 fully saturated rings. The lowest BCUT2D eigenvalue weighted by Crippen LogP contribution is -2.44. The van der Waals surface area contributed by atoms with Crippen molar-refractivity contribution in [2.75, 3.05) is 46.6 Å². The number of rotatable bonds is 9. The van der Waals surface area contributed by atoms with Crippen LogP contribution in [0, 0.1) is 5.92 Å². The molecule has 0 amide bonds. The highest BCUT2D eigenvalue weighted by molar-refractivity contribution is 4.83. The maximum Gasteiger partial charge on any atom is 0.0700 e. The zero-order valence-electron chi connectivity index (χ0n) is 13.9. The van der Waals surface area contributed by atoms with E-state index in [-0.39, 0.29) is 0 Å². The highest BCUT2D eigenvalue weighted by Crippen LogP contribution is 2.16. The molecule has 0 aromatic carbocycles. The normalized spacial score (nSPS) is 26.4. The van der Waals surface area contributed by atoms with E-state index < -0.39 is 0 Å². The molecule has 1 aliphatic heterocycles. The average Bonchev–Trinajstić information content (AvgIpc) is 2.64. The van der Waals surface area contributed by atoms with Gasteiger partial charge in [-0.1, -0.05) is 20.3 Å². The topological polar surface area (TPSA) is 33.7 Å². The summed E-state index contributed by atoms with van der Waals surface area (Å²) in [5.74, 6) is 0.751. The van der Waals surface area contributed by atoms with Crippen molar-refractivity contribution in [2.45, 2.75) is 52.1 Å². The predicted octanol–water partition coefficient (Wildman–Crippen LogP) is 2.14. The summed E-state index contributed by atoms with van der Waals surface area (Å²) in [5.41, 5.74) is 0. The van der Waals surface area contributed by atoms with Crippen molar-refractivity contribution in [3.63, 3.8) is 0 Å². The molecule has 20 heavy (non-hydrogen) atoms. The zero-order valence-corrected chi connectivity index (χ0v) is 13.9. The largest absolute Gasteiger partial charge is 0.382 e. The molecule has 1 rings (SSSR count). The monoisotopic (exact) mass is 286 g/mol. The summed E-state index contributed by atoms with van der Waals surface area (Å²) in [6.45, 7) is 12.7. The van der Waals surface area contributed by atoms with Gasteiger partial charge in [0, 0.05) is 38.9 Å². The van der Waals surface area contributed by atoms with Gasteiger partial charge in [-0.05, 0) is 32.2 Å². The van der Waals surface area contributed by atoms with E-state index in [4.69, 9.17) is 9.47 Å². The Morgan fingerprint density at radius 2 is 2.10 bits per heavy atom. The summed E-state index contributed by atoms with van der Waals surface area (Å²) < 4.78 is 10.5. The molecule has 1 aliphatic rings. The van der Waals surface area contributed by atoms with Crippen LogP contribution in [-0.4, -0.2) is 63.5 Å². The first-order chi connectivity index (χ1) is 9.69. The number of ether oxygens (including phenoxy) is 2. The van der Waals surface area contributed by atoms with E-state index in [2.05, 4.69) is 31.0 Å². The lowest BCUT2D eigenvalue weighted by atomic mass is 9.99. The van der Waals surface area contributed by atoms with Crippen molar-refractivity contribution in [2.24, 2.45) is 5.92 Å². The van der Waals surface area contributed by atoms with E-state index in [1.165, 1.54) is 19.4 Å². The van der Waals surface area contributed by atoms with Gasteiger partial charge in [-0.15, -0.1) is 0 Å². The van der Waals surface area contributed by atoms with Crippen LogP contribution < -0.4 is 5.32 Å². The zero-order chi connectivity index (χ0) is 14.8. The molecule has 1 saturated heterocycles. The maximum atomic E-state index is 5.56. The minimum Gasteiger partial charge on any atom is -0.382 e. The van der Waals surface area contributed by atoms with Crippen molar-refractivity contribution in [1.82, 2.24) is 10.2 Å². The van der Waals surface area contributed by atoms with Crippen molar-refractivity contribution in [3.05, 3.63) is 0 Å². The first-order valence-corrected chi connectivity index (χ1v) is 8.23. The van der Waals surface area contributed by atoms with Crippen molar-refractivity contribution in [3.8, 4) is 0 Å². The molecule has 0 spiro atoms. The van der Waals surface area contributed by atoms with E-state index >= 15 is 0 Å². The van der Waals surface area contributed by atoms with Gasteiger partial charge in [0.25, 0.3) is 0 Å². The van der Waals surface area contributed by atoms with Gasteiger partial charge in [0.1, 0.15) is 0 Å². The van der Waals surface area contributed by atoms with Crippen LogP contribution in [0.1, 0.15) is 40.0 Å². The molecular weight excluding hydrogens is 252 g/mol. The van der Waals surface area contributed by atoms with Crippen molar-refractivity contribution in [1.29, 1.82) is 0 Å². The molecule has 1 N–H and O–H groups in total. The van der Waals surface area contributed by atoms with Crippen LogP contribution in [0.2, 0.25) is 0 Å². The van der Waals surface area contributed by atoms with E-state index in [1.54, 1.807) is 7.11 Å². The Bertz CT molecular complexity index is 239. The molecule has 0 radical (unpaired) electrons. The molecule has 0 bridgehead atoms. The van der Waals surface area contributed by atoms with Crippen LogP contribution in [0.25, 0.3) is 0 Å². The van der Waals surface area contributed by atoms with Crippen LogP contribution in [0.5, 0.6) is 0 Å². The lowest BCUT2D eigenvalue weighted by molar-refractivity contribution is 0.0625. The van der Waals surface area contributed by atoms with Gasteiger partial charge in [-0.25, -0.2) is 0 Å². The second-order valence-electron chi connectivity index (χ2n) is 6.04. The highest BCUT2D eigenvalue weighted by Gasteiger charge is 2.25. The molecule has 3 atom stereocenters. The Labute approximate surface area is 125 Å². The Hall–Kier alpha value is -0.160. The second kappa shape index (κ2) is 10.6. The molecule has 0 aliphatic carbocycles. The average molecular weight is 286 g/mol. The molecular formula is C16H34N2O2. The van der Waals surface area contributed by atoms with E-state index in [9.17, 15) is 0 Å². The molecule has 4 nitrogen and oxygen atoms in total. The number of hydrogen-bond donors (Lipinski definition) is 1. The summed E-state index contributed by atoms with van der Waals surface area (Å²) in [7, 11) is 1.71. The highest BCUT2D eigenvalue weighted by atomic mass is 16.5. The second-order valence-corrected chi connectivity index (χ2v) is 6.04. The molecule has 4 heteroatoms. The fraction of sp³-hybridized carbons (Fsp3) is 1.00. The molecule has 3 unspecified atom stereocenters. The SMILES string of the molecule is CCC(C)C1CN(CCCOCCOC)C(C)CCN1. The third-order valence-corrected chi connectivity index (χ3v) is 4.52. The number of methoxy groups -OCH3 is 1. The van der Waals surface area contributed by atoms with Gasteiger partial charge in [-0.2, -0.15) is 0 Å². The van der Waals surface area contributed by atoms with Gasteiger partial charge < -0.3 is 14.8 Å². The quantitative estimate of drug-likeness (QED) is 0.659. The fourth-order valence-corrected chi connectivity index (χ4v) is 2.75. The van der Waals surface area contributed by atoms with Gasteiger partial charge in [0.05, 0.1) is 13.2 Å². The lowest BCUT2D eigenvalue weighted by Gasteiger charge is -2.31. The molecule has 0 aromatic heterocycles. The minimum atomic E-state index is 0.638. The number of hydrogen-bond acceptors (Lipinski definition) is 4. The van der Waals surface area contributed by atoms with Crippen molar-refractivity contribution < 1.29 is 9.47 Å². The Morgan fingerprint density at radius 1 is 1.30 bits per heavy atom. The predicted molar refractivity (Wildman–Crippen MR) is 84.2 cm³/mol. The Morgan fingerprint density at radius 3 is 2.80 bits per heavy atom. The van der Waals surface area contributed by atoms with Gasteiger partial charge in [-0.3, -0.25) is 4.90 Å². The van der Waals surface area contributed by atoms with Crippen LogP contribution in [0.4, 0.5) is 0 Å². The van der Waals surface area contributed by atoms with Crippen molar-refractivity contribution >= 4 is 0 Å². The third-order valence-electron chi connectivity index (χ3n) is 4.52. The minimum absolute atomic E-state index is 0.638. The smallest absolute Gasteiger partial charge is 0.0700 e. The molecule has 0 aromatic rings. The summed E-state index contributed by atoms with van der Waals surface area (Å²) >= 11 is 0. The standard InChI is InChI=1S/C16H34N2O2/c1-5-14(2)16-13-18(15(3)7-8-17-16)9-6-10-20-12-11-19-4/h14-17H,5-13H2,1-4H3. The number of nitrogens with one attached hydrogen (secondary N) is 1. The third kappa shape index (κ3) is 6.53. The van der Waals surface area contributed by atoms with Crippen LogP contribution in [0.15, 0.2) is 0 Å². The van der Waals surface area contributed by atoms with Crippen LogP contribution >= 0.6 is 0 Å². The van der Waals surface area contributed by atoms with Crippen LogP contribution in [-0.2, 0) is 9.47 Å². The number of nitrogens with zero attached hydrogens (tertiary/aromatic N) is 1. The molecule has 1 heterocycles. The maximum absolute atomic E-state index is 5.56. The first kappa shape index (κ1) is 17.9. The summed E-state index contributed by atoms with van der Waals surface area (Å²) in [4.78, 5) is 2.64. The summed E-state index contributed by atoms with van der Waals surface area (Å²) in [5, 5.41) is 3.72. The molecule has 120 valence electrons. The summed E-state index contributed by atoms with van der Waals surface area (Å²) in [6, 6.07) is 1.31. The summed E-state index contributed by atoms with van der Waals surface area (Å²) in [6.07, 6.45) is 3.61. The van der Waals surface area contributed by atoms with Gasteiger partial charge in [0.15, 0.2) is 0 Å². The van der Waals surface area contributed by atoms with Crippen LogP contribution in [0.3, 0.4) is 0 Å². The molecule has 0 saturated carbocycles.